The molecule has 1 aliphatic heterocycles. The van der Waals surface area contributed by atoms with Crippen LogP contribution in [-0.2, 0) is 0 Å². The minimum Gasteiger partial charge on any atom is -0.457 e. The predicted molar refractivity (Wildman–Crippen MR) is 146 cm³/mol. The van der Waals surface area contributed by atoms with Gasteiger partial charge in [-0.1, -0.05) is 41.4 Å². The van der Waals surface area contributed by atoms with E-state index in [1.165, 1.54) is 36.1 Å². The second kappa shape index (κ2) is 9.80. The average molecular weight is 484 g/mol. The number of fused-ring (bicyclic) bond motifs is 1. The molecule has 0 spiro atoms. The molecule has 0 radical (unpaired) electrons. The number of allylic oxidation sites excluding steroid dienone is 1. The fraction of sp³-hybridized carbons (Fsp3) is 0.267. The maximum absolute atomic E-state index is 6.28. The molecule has 5 heteroatoms. The van der Waals surface area contributed by atoms with Crippen LogP contribution in [0, 0.1) is 0 Å². The first-order chi connectivity index (χ1) is 17.2. The summed E-state index contributed by atoms with van der Waals surface area (Å²) in [6.45, 7) is 5.28. The zero-order valence-electron chi connectivity index (χ0n) is 19.8. The van der Waals surface area contributed by atoms with E-state index in [1.807, 2.05) is 36.5 Å². The van der Waals surface area contributed by atoms with Crippen molar-refractivity contribution in [3.8, 4) is 11.5 Å². The molecule has 1 aliphatic carbocycles. The number of halogens is 1. The van der Waals surface area contributed by atoms with Gasteiger partial charge in [0, 0.05) is 66.6 Å². The van der Waals surface area contributed by atoms with Gasteiger partial charge in [0.25, 0.3) is 0 Å². The van der Waals surface area contributed by atoms with Gasteiger partial charge in [-0.05, 0) is 72.9 Å². The van der Waals surface area contributed by atoms with Crippen LogP contribution >= 0.6 is 11.6 Å². The van der Waals surface area contributed by atoms with E-state index >= 15 is 0 Å². The van der Waals surface area contributed by atoms with Crippen LogP contribution in [0.2, 0.25) is 5.02 Å². The number of rotatable bonds is 6. The lowest BCUT2D eigenvalue weighted by atomic mass is 10.0. The van der Waals surface area contributed by atoms with Crippen LogP contribution in [-0.4, -0.2) is 42.6 Å². The Labute approximate surface area is 211 Å². The van der Waals surface area contributed by atoms with Gasteiger partial charge in [0.05, 0.1) is 0 Å². The number of anilines is 1. The van der Waals surface area contributed by atoms with E-state index < -0.39 is 0 Å². The number of hydrogen-bond donors (Lipinski definition) is 1. The zero-order chi connectivity index (χ0) is 23.6. The Morgan fingerprint density at radius 1 is 0.857 bits per heavy atom. The van der Waals surface area contributed by atoms with Gasteiger partial charge in [-0.2, -0.15) is 0 Å². The number of hydrogen-bond acceptors (Lipinski definition) is 3. The minimum atomic E-state index is 0.806. The van der Waals surface area contributed by atoms with E-state index in [-0.39, 0.29) is 0 Å². The van der Waals surface area contributed by atoms with Crippen molar-refractivity contribution in [1.82, 2.24) is 9.88 Å². The van der Waals surface area contributed by atoms with E-state index in [2.05, 4.69) is 57.2 Å². The third-order valence-corrected chi connectivity index (χ3v) is 7.53. The second-order valence-corrected chi connectivity index (χ2v) is 9.94. The van der Waals surface area contributed by atoms with Crippen LogP contribution in [0.1, 0.15) is 24.8 Å². The van der Waals surface area contributed by atoms with Gasteiger partial charge in [-0.25, -0.2) is 0 Å². The Morgan fingerprint density at radius 2 is 1.69 bits per heavy atom. The number of piperazine rings is 1. The summed E-state index contributed by atoms with van der Waals surface area (Å²) in [6.07, 6.45) is 5.61. The van der Waals surface area contributed by atoms with Crippen molar-refractivity contribution in [1.29, 1.82) is 0 Å². The first kappa shape index (κ1) is 22.3. The molecule has 0 amide bonds. The lowest BCUT2D eigenvalue weighted by Gasteiger charge is -2.36. The Kier molecular flexibility index (Phi) is 6.24. The van der Waals surface area contributed by atoms with E-state index in [1.54, 1.807) is 5.57 Å². The van der Waals surface area contributed by atoms with Gasteiger partial charge in [-0.15, -0.1) is 0 Å². The van der Waals surface area contributed by atoms with Gasteiger partial charge in [0.2, 0.25) is 0 Å². The third-order valence-electron chi connectivity index (χ3n) is 7.28. The smallest absolute Gasteiger partial charge is 0.136 e. The molecule has 0 bridgehead atoms. The molecule has 2 heterocycles. The van der Waals surface area contributed by atoms with E-state index in [4.69, 9.17) is 16.3 Å². The molecule has 1 fully saturated rings. The highest BCUT2D eigenvalue weighted by Crippen LogP contribution is 2.35. The molecule has 0 atom stereocenters. The number of ether oxygens (including phenoxy) is 1. The van der Waals surface area contributed by atoms with Crippen LogP contribution in [0.15, 0.2) is 84.6 Å². The zero-order valence-corrected chi connectivity index (χ0v) is 20.6. The molecule has 3 aromatic carbocycles. The molecule has 4 nitrogen and oxygen atoms in total. The van der Waals surface area contributed by atoms with Crippen molar-refractivity contribution < 1.29 is 4.74 Å². The lowest BCUT2D eigenvalue weighted by Crippen LogP contribution is -2.46. The molecule has 178 valence electrons. The highest BCUT2D eigenvalue weighted by Gasteiger charge is 2.22. The molecule has 4 aromatic rings. The molecule has 1 N–H and O–H groups in total. The Morgan fingerprint density at radius 3 is 2.54 bits per heavy atom. The van der Waals surface area contributed by atoms with Gasteiger partial charge >= 0.3 is 0 Å². The number of aromatic nitrogens is 1. The molecule has 2 aliphatic rings. The summed E-state index contributed by atoms with van der Waals surface area (Å²) in [4.78, 5) is 8.34. The average Bonchev–Trinajstić information content (AvgIpc) is 3.56. The van der Waals surface area contributed by atoms with Crippen LogP contribution < -0.4 is 9.64 Å². The molecular weight excluding hydrogens is 454 g/mol. The van der Waals surface area contributed by atoms with E-state index in [0.717, 1.165) is 60.1 Å². The molecule has 0 saturated carbocycles. The van der Waals surface area contributed by atoms with Gasteiger partial charge in [-0.3, -0.25) is 4.90 Å². The molecule has 1 aromatic heterocycles. The fourth-order valence-electron chi connectivity index (χ4n) is 5.43. The monoisotopic (exact) mass is 483 g/mol. The Bertz CT molecular complexity index is 1350. The molecule has 35 heavy (non-hydrogen) atoms. The van der Waals surface area contributed by atoms with Crippen LogP contribution in [0.4, 0.5) is 5.69 Å². The number of aromatic amines is 1. The quantitative estimate of drug-likeness (QED) is 0.310. The van der Waals surface area contributed by atoms with E-state index in [0.29, 0.717) is 0 Å². The van der Waals surface area contributed by atoms with Gasteiger partial charge < -0.3 is 14.6 Å². The standard InChI is InChI=1S/C30H30ClN3O/c31-24-12-10-22(11-13-24)27-7-1-4-23(27)21-33-16-18-34(19-17-33)25-5-2-6-26(20-25)35-30-9-3-8-29-28(30)14-15-32-29/h2-3,5-6,8-15,20,32H,1,4,7,16-19,21H2. The summed E-state index contributed by atoms with van der Waals surface area (Å²) in [5, 5.41) is 1.91. The number of benzene rings is 3. The van der Waals surface area contributed by atoms with Crippen molar-refractivity contribution in [2.24, 2.45) is 0 Å². The van der Waals surface area contributed by atoms with Gasteiger partial charge in [0.1, 0.15) is 11.5 Å². The Hall–Kier alpha value is -3.21. The summed E-state index contributed by atoms with van der Waals surface area (Å²) in [6, 6.07) is 25.0. The van der Waals surface area contributed by atoms with Crippen LogP contribution in [0.5, 0.6) is 11.5 Å². The highest BCUT2D eigenvalue weighted by molar-refractivity contribution is 6.30. The summed E-state index contributed by atoms with van der Waals surface area (Å²) in [5.41, 5.74) is 6.80. The largest absolute Gasteiger partial charge is 0.457 e. The third kappa shape index (κ3) is 4.82. The highest BCUT2D eigenvalue weighted by atomic mass is 35.5. The molecule has 0 unspecified atom stereocenters. The first-order valence-corrected chi connectivity index (χ1v) is 12.9. The van der Waals surface area contributed by atoms with Crippen molar-refractivity contribution in [3.63, 3.8) is 0 Å². The normalized spacial score (nSPS) is 16.9. The SMILES string of the molecule is Clc1ccc(C2=C(CN3CCN(c4cccc(Oc5cccc6[nH]ccc56)c4)CC3)CCC2)cc1. The van der Waals surface area contributed by atoms with Crippen molar-refractivity contribution >= 4 is 33.8 Å². The predicted octanol–water partition coefficient (Wildman–Crippen LogP) is 7.37. The molecule has 6 rings (SSSR count). The second-order valence-electron chi connectivity index (χ2n) is 9.50. The van der Waals surface area contributed by atoms with Crippen LogP contribution in [0.3, 0.4) is 0 Å². The van der Waals surface area contributed by atoms with Crippen molar-refractivity contribution in [2.75, 3.05) is 37.6 Å². The molecular formula is C30H30ClN3O. The summed E-state index contributed by atoms with van der Waals surface area (Å²) >= 11 is 6.11. The number of nitrogens with zero attached hydrogens (tertiary/aromatic N) is 2. The lowest BCUT2D eigenvalue weighted by molar-refractivity contribution is 0.277. The van der Waals surface area contributed by atoms with Gasteiger partial charge in [0.15, 0.2) is 0 Å². The summed E-state index contributed by atoms with van der Waals surface area (Å²) in [5.74, 6) is 1.76. The first-order valence-electron chi connectivity index (χ1n) is 12.5. The maximum atomic E-state index is 6.28. The molecule has 1 saturated heterocycles. The number of H-pyrrole nitrogens is 1. The minimum absolute atomic E-state index is 0.806. The van der Waals surface area contributed by atoms with Crippen molar-refractivity contribution in [2.45, 2.75) is 19.3 Å². The topological polar surface area (TPSA) is 31.5 Å². The summed E-state index contributed by atoms with van der Waals surface area (Å²) in [7, 11) is 0. The summed E-state index contributed by atoms with van der Waals surface area (Å²) < 4.78 is 6.28. The Balaban J connectivity index is 1.10. The maximum Gasteiger partial charge on any atom is 0.136 e. The fourth-order valence-corrected chi connectivity index (χ4v) is 5.56. The number of nitrogens with one attached hydrogen (secondary N) is 1. The van der Waals surface area contributed by atoms with Crippen LogP contribution in [0.25, 0.3) is 16.5 Å². The van der Waals surface area contributed by atoms with E-state index in [9.17, 15) is 0 Å². The van der Waals surface area contributed by atoms with Crippen molar-refractivity contribution in [3.05, 3.63) is 95.2 Å².